The van der Waals surface area contributed by atoms with E-state index in [-0.39, 0.29) is 18.1 Å². The molecule has 0 bridgehead atoms. The van der Waals surface area contributed by atoms with Gasteiger partial charge < -0.3 is 20.1 Å². The first kappa shape index (κ1) is 20.1. The molecule has 0 aliphatic heterocycles. The van der Waals surface area contributed by atoms with Crippen LogP contribution in [0, 0.1) is 5.92 Å². The van der Waals surface area contributed by atoms with Crippen molar-refractivity contribution in [3.05, 3.63) is 72.0 Å². The molecule has 0 spiro atoms. The van der Waals surface area contributed by atoms with Crippen LogP contribution in [0.15, 0.2) is 65.2 Å². The summed E-state index contributed by atoms with van der Waals surface area (Å²) in [4.78, 5) is 23.6. The van der Waals surface area contributed by atoms with Gasteiger partial charge in [-0.15, -0.1) is 0 Å². The number of amides is 1. The average Bonchev–Trinajstić information content (AvgIpc) is 3.15. The molecule has 0 fully saturated rings. The van der Waals surface area contributed by atoms with Crippen LogP contribution in [0.3, 0.4) is 0 Å². The molecular formula is C22H22N2O5. The Morgan fingerprint density at radius 3 is 2.31 bits per heavy atom. The summed E-state index contributed by atoms with van der Waals surface area (Å²) in [6, 6.07) is 18.6. The Labute approximate surface area is 168 Å². The van der Waals surface area contributed by atoms with Crippen LogP contribution >= 0.6 is 0 Å². The number of carbonyl (C=O) groups excluding carboxylic acids is 1. The molecular weight excluding hydrogens is 372 g/mol. The normalized spacial score (nSPS) is 12.9. The highest BCUT2D eigenvalue weighted by Crippen LogP contribution is 2.21. The Morgan fingerprint density at radius 2 is 1.72 bits per heavy atom. The molecule has 1 heterocycles. The van der Waals surface area contributed by atoms with Crippen LogP contribution in [-0.4, -0.2) is 33.3 Å². The minimum Gasteiger partial charge on any atom is -0.491 e. The molecule has 1 amide bonds. The second kappa shape index (κ2) is 9.05. The molecule has 0 unspecified atom stereocenters. The summed E-state index contributed by atoms with van der Waals surface area (Å²) in [5, 5.41) is 24.5. The fraction of sp³-hybridized carbons (Fsp3) is 0.227. The Hall–Kier alpha value is -3.61. The number of aromatic hydroxyl groups is 1. The maximum atomic E-state index is 12.3. The fourth-order valence-electron chi connectivity index (χ4n) is 3.10. The molecule has 0 aliphatic rings. The number of benzene rings is 2. The van der Waals surface area contributed by atoms with Crippen LogP contribution in [0.2, 0.25) is 0 Å². The quantitative estimate of drug-likeness (QED) is 0.539. The van der Waals surface area contributed by atoms with Crippen molar-refractivity contribution in [2.45, 2.75) is 25.8 Å². The van der Waals surface area contributed by atoms with Gasteiger partial charge in [0.25, 0.3) is 11.8 Å². The van der Waals surface area contributed by atoms with Gasteiger partial charge in [-0.2, -0.15) is 0 Å². The second-order valence-electron chi connectivity index (χ2n) is 6.96. The van der Waals surface area contributed by atoms with E-state index < -0.39 is 23.8 Å². The lowest BCUT2D eigenvalue weighted by Crippen LogP contribution is -2.38. The highest BCUT2D eigenvalue weighted by atomic mass is 16.5. The summed E-state index contributed by atoms with van der Waals surface area (Å²) in [7, 11) is 0. The number of aromatic nitrogens is 1. The first-order valence-corrected chi connectivity index (χ1v) is 9.26. The third kappa shape index (κ3) is 5.44. The monoisotopic (exact) mass is 394 g/mol. The second-order valence-corrected chi connectivity index (χ2v) is 6.96. The molecule has 29 heavy (non-hydrogen) atoms. The Bertz CT molecular complexity index is 966. The van der Waals surface area contributed by atoms with Gasteiger partial charge in [-0.05, 0) is 34.7 Å². The van der Waals surface area contributed by atoms with Crippen LogP contribution in [0.4, 0.5) is 0 Å². The van der Waals surface area contributed by atoms with E-state index in [9.17, 15) is 19.8 Å². The van der Waals surface area contributed by atoms with Crippen molar-refractivity contribution in [1.29, 1.82) is 0 Å². The summed E-state index contributed by atoms with van der Waals surface area (Å²) in [5.74, 6) is -2.63. The first-order valence-electron chi connectivity index (χ1n) is 9.26. The molecule has 2 aromatic carbocycles. The van der Waals surface area contributed by atoms with Crippen molar-refractivity contribution in [1.82, 2.24) is 10.5 Å². The van der Waals surface area contributed by atoms with Gasteiger partial charge in [-0.25, -0.2) is 0 Å². The van der Waals surface area contributed by atoms with E-state index in [0.29, 0.717) is 6.42 Å². The number of hydrogen-bond acceptors (Lipinski definition) is 5. The van der Waals surface area contributed by atoms with E-state index in [1.54, 1.807) is 6.92 Å². The third-order valence-electron chi connectivity index (χ3n) is 4.66. The van der Waals surface area contributed by atoms with Crippen molar-refractivity contribution < 1.29 is 24.3 Å². The number of carboxylic acids is 1. The third-order valence-corrected chi connectivity index (χ3v) is 4.66. The van der Waals surface area contributed by atoms with Gasteiger partial charge in [-0.1, -0.05) is 61.5 Å². The summed E-state index contributed by atoms with van der Waals surface area (Å²) >= 11 is 0. The topological polar surface area (TPSA) is 113 Å². The van der Waals surface area contributed by atoms with Crippen LogP contribution in [-0.2, 0) is 11.2 Å². The van der Waals surface area contributed by atoms with Crippen molar-refractivity contribution in [3.63, 3.8) is 0 Å². The van der Waals surface area contributed by atoms with E-state index in [2.05, 4.69) is 10.5 Å². The van der Waals surface area contributed by atoms with Crippen molar-refractivity contribution in [2.75, 3.05) is 0 Å². The van der Waals surface area contributed by atoms with Crippen molar-refractivity contribution >= 4 is 11.9 Å². The van der Waals surface area contributed by atoms with E-state index in [1.807, 2.05) is 54.6 Å². The number of nitrogens with zero attached hydrogens (tertiary/aromatic N) is 1. The maximum Gasteiger partial charge on any atom is 0.306 e. The molecule has 1 aromatic heterocycles. The highest BCUT2D eigenvalue weighted by Gasteiger charge is 2.23. The van der Waals surface area contributed by atoms with E-state index in [0.717, 1.165) is 22.8 Å². The van der Waals surface area contributed by atoms with Crippen LogP contribution in [0.1, 0.15) is 29.5 Å². The number of rotatable bonds is 8. The van der Waals surface area contributed by atoms with Crippen molar-refractivity contribution in [3.8, 4) is 17.0 Å². The number of hydrogen-bond donors (Lipinski definition) is 3. The van der Waals surface area contributed by atoms with Crippen molar-refractivity contribution in [2.24, 2.45) is 5.92 Å². The maximum absolute atomic E-state index is 12.3. The summed E-state index contributed by atoms with van der Waals surface area (Å²) in [5.41, 5.74) is 3.15. The van der Waals surface area contributed by atoms with Gasteiger partial charge in [0.1, 0.15) is 0 Å². The molecule has 3 N–H and O–H groups in total. The zero-order valence-corrected chi connectivity index (χ0v) is 15.9. The number of carbonyl (C=O) groups is 2. The molecule has 0 saturated heterocycles. The summed E-state index contributed by atoms with van der Waals surface area (Å²) < 4.78 is 4.77. The first-order chi connectivity index (χ1) is 13.9. The lowest BCUT2D eigenvalue weighted by Gasteiger charge is -2.20. The summed E-state index contributed by atoms with van der Waals surface area (Å²) in [6.07, 6.45) is 0.709. The molecule has 7 heteroatoms. The molecule has 7 nitrogen and oxygen atoms in total. The van der Waals surface area contributed by atoms with Crippen LogP contribution in [0.25, 0.3) is 11.1 Å². The molecule has 2 atom stereocenters. The van der Waals surface area contributed by atoms with Gasteiger partial charge in [0, 0.05) is 6.04 Å². The Kier molecular flexibility index (Phi) is 6.29. The number of aliphatic carboxylic acids is 1. The molecule has 3 rings (SSSR count). The molecule has 0 aliphatic carbocycles. The van der Waals surface area contributed by atoms with Gasteiger partial charge in [0.2, 0.25) is 5.76 Å². The number of carboxylic acid groups (broad SMARTS) is 1. The predicted molar refractivity (Wildman–Crippen MR) is 106 cm³/mol. The van der Waals surface area contributed by atoms with E-state index in [4.69, 9.17) is 4.52 Å². The van der Waals surface area contributed by atoms with Gasteiger partial charge in [0.15, 0.2) is 0 Å². The highest BCUT2D eigenvalue weighted by molar-refractivity contribution is 5.91. The minimum absolute atomic E-state index is 0.130. The Balaban J connectivity index is 1.73. The van der Waals surface area contributed by atoms with Gasteiger partial charge in [-0.3, -0.25) is 9.59 Å². The predicted octanol–water partition coefficient (Wildman–Crippen LogP) is 3.50. The zero-order valence-electron chi connectivity index (χ0n) is 15.9. The smallest absolute Gasteiger partial charge is 0.306 e. The summed E-state index contributed by atoms with van der Waals surface area (Å²) in [6.45, 7) is 1.60. The molecule has 3 aromatic rings. The van der Waals surface area contributed by atoms with Gasteiger partial charge in [0.05, 0.1) is 12.0 Å². The van der Waals surface area contributed by atoms with Gasteiger partial charge >= 0.3 is 5.97 Å². The lowest BCUT2D eigenvalue weighted by atomic mass is 9.95. The largest absolute Gasteiger partial charge is 0.491 e. The molecule has 150 valence electrons. The standard InChI is InChI=1S/C22H22N2O5/c1-14(22(27)28)11-18(23-21(26)19-13-20(25)24-29-19)12-15-7-9-17(10-8-15)16-5-3-2-4-6-16/h2-10,13-14,18H,11-12H2,1H3,(H,23,26)(H,24,25)(H,27,28)/t14-,18+/m1/s1. The molecule has 0 saturated carbocycles. The lowest BCUT2D eigenvalue weighted by molar-refractivity contribution is -0.141. The number of nitrogens with one attached hydrogen (secondary N) is 1. The zero-order chi connectivity index (χ0) is 20.8. The Morgan fingerprint density at radius 1 is 1.07 bits per heavy atom. The fourth-order valence-corrected chi connectivity index (χ4v) is 3.10. The van der Waals surface area contributed by atoms with E-state index >= 15 is 0 Å². The van der Waals surface area contributed by atoms with Crippen LogP contribution < -0.4 is 5.32 Å². The minimum atomic E-state index is -0.930. The SMILES string of the molecule is C[C@H](C[C@@H](Cc1ccc(-c2ccccc2)cc1)NC(=O)c1cc(O)no1)C(=O)O. The average molecular weight is 394 g/mol. The molecule has 0 radical (unpaired) electrons. The van der Waals surface area contributed by atoms with Crippen LogP contribution in [0.5, 0.6) is 5.88 Å². The van der Waals surface area contributed by atoms with E-state index in [1.165, 1.54) is 0 Å².